The SMILES string of the molecule is CC(C)Nc1ncnc(NN(c2ccccc2)c2ccccc2)c1[N+](=O)[O-]. The number of aromatic nitrogens is 2. The van der Waals surface area contributed by atoms with Crippen molar-refractivity contribution in [2.24, 2.45) is 0 Å². The Bertz CT molecular complexity index is 863. The average molecular weight is 364 g/mol. The summed E-state index contributed by atoms with van der Waals surface area (Å²) in [6.45, 7) is 3.78. The minimum absolute atomic E-state index is 0.00852. The van der Waals surface area contributed by atoms with Crippen molar-refractivity contribution in [3.05, 3.63) is 77.1 Å². The van der Waals surface area contributed by atoms with E-state index in [0.29, 0.717) is 0 Å². The molecule has 1 heterocycles. The molecule has 0 amide bonds. The van der Waals surface area contributed by atoms with Gasteiger partial charge in [-0.3, -0.25) is 20.5 Å². The highest BCUT2D eigenvalue weighted by Gasteiger charge is 2.25. The molecule has 0 fully saturated rings. The van der Waals surface area contributed by atoms with Crippen LogP contribution in [0.15, 0.2) is 67.0 Å². The molecule has 0 bridgehead atoms. The minimum atomic E-state index is -0.485. The number of anilines is 4. The molecule has 27 heavy (non-hydrogen) atoms. The van der Waals surface area contributed by atoms with E-state index in [-0.39, 0.29) is 23.4 Å². The predicted octanol–water partition coefficient (Wildman–Crippen LogP) is 4.37. The lowest BCUT2D eigenvalue weighted by Gasteiger charge is -2.26. The third-order valence-electron chi connectivity index (χ3n) is 3.68. The molecule has 0 aliphatic carbocycles. The zero-order valence-electron chi connectivity index (χ0n) is 15.0. The number of nitrogens with one attached hydrogen (secondary N) is 2. The number of nitro groups is 1. The van der Waals surface area contributed by atoms with Crippen LogP contribution in [0.2, 0.25) is 0 Å². The summed E-state index contributed by atoms with van der Waals surface area (Å²) in [4.78, 5) is 19.4. The number of rotatable bonds is 7. The van der Waals surface area contributed by atoms with Gasteiger partial charge in [0.25, 0.3) is 0 Å². The summed E-state index contributed by atoms with van der Waals surface area (Å²) in [5.41, 5.74) is 4.50. The highest BCUT2D eigenvalue weighted by Crippen LogP contribution is 2.32. The molecular formula is C19H20N6O2. The number of hydrazine groups is 1. The standard InChI is InChI=1S/C19H20N6O2/c1-14(2)22-18-17(25(26)27)19(21-13-20-18)23-24(15-9-5-3-6-10-15)16-11-7-4-8-12-16/h3-14H,1-2H3,(H2,20,21,22,23). The molecule has 8 heteroatoms. The van der Waals surface area contributed by atoms with Gasteiger partial charge in [-0.15, -0.1) is 0 Å². The van der Waals surface area contributed by atoms with Crippen molar-refractivity contribution < 1.29 is 4.92 Å². The Kier molecular flexibility index (Phi) is 5.46. The normalized spacial score (nSPS) is 10.5. The van der Waals surface area contributed by atoms with E-state index < -0.39 is 4.92 Å². The van der Waals surface area contributed by atoms with E-state index in [1.807, 2.05) is 74.5 Å². The van der Waals surface area contributed by atoms with Gasteiger partial charge in [-0.1, -0.05) is 36.4 Å². The molecule has 0 saturated carbocycles. The Labute approximate surface area is 157 Å². The second-order valence-electron chi connectivity index (χ2n) is 6.09. The van der Waals surface area contributed by atoms with Gasteiger partial charge in [0.05, 0.1) is 16.3 Å². The summed E-state index contributed by atoms with van der Waals surface area (Å²) in [6.07, 6.45) is 1.30. The Balaban J connectivity index is 2.05. The zero-order valence-corrected chi connectivity index (χ0v) is 15.0. The highest BCUT2D eigenvalue weighted by atomic mass is 16.6. The van der Waals surface area contributed by atoms with Crippen molar-refractivity contribution in [3.8, 4) is 0 Å². The van der Waals surface area contributed by atoms with Crippen LogP contribution in [-0.2, 0) is 0 Å². The van der Waals surface area contributed by atoms with Gasteiger partial charge in [-0.2, -0.15) is 0 Å². The van der Waals surface area contributed by atoms with Crippen molar-refractivity contribution in [1.82, 2.24) is 9.97 Å². The number of para-hydroxylation sites is 2. The summed E-state index contributed by atoms with van der Waals surface area (Å²) in [5.74, 6) is 0.277. The largest absolute Gasteiger partial charge is 0.362 e. The first-order valence-corrected chi connectivity index (χ1v) is 8.49. The molecular weight excluding hydrogens is 344 g/mol. The van der Waals surface area contributed by atoms with E-state index in [2.05, 4.69) is 20.7 Å². The van der Waals surface area contributed by atoms with E-state index >= 15 is 0 Å². The second kappa shape index (κ2) is 8.13. The highest BCUT2D eigenvalue weighted by molar-refractivity contribution is 5.74. The molecule has 1 aromatic heterocycles. The predicted molar refractivity (Wildman–Crippen MR) is 106 cm³/mol. The quantitative estimate of drug-likeness (QED) is 0.474. The molecule has 8 nitrogen and oxygen atoms in total. The van der Waals surface area contributed by atoms with E-state index in [0.717, 1.165) is 11.4 Å². The Morgan fingerprint density at radius 2 is 1.44 bits per heavy atom. The first kappa shape index (κ1) is 18.1. The smallest absolute Gasteiger partial charge is 0.354 e. The second-order valence-corrected chi connectivity index (χ2v) is 6.09. The van der Waals surface area contributed by atoms with Crippen molar-refractivity contribution in [2.45, 2.75) is 19.9 Å². The summed E-state index contributed by atoms with van der Waals surface area (Å²) >= 11 is 0. The molecule has 138 valence electrons. The number of nitrogens with zero attached hydrogens (tertiary/aromatic N) is 4. The minimum Gasteiger partial charge on any atom is -0.362 e. The van der Waals surface area contributed by atoms with E-state index in [1.54, 1.807) is 5.01 Å². The molecule has 2 aromatic carbocycles. The molecule has 3 aromatic rings. The Morgan fingerprint density at radius 3 is 1.93 bits per heavy atom. The fourth-order valence-corrected chi connectivity index (χ4v) is 2.55. The maximum absolute atomic E-state index is 11.7. The van der Waals surface area contributed by atoms with Crippen molar-refractivity contribution in [2.75, 3.05) is 15.8 Å². The lowest BCUT2D eigenvalue weighted by Crippen LogP contribution is -2.26. The van der Waals surface area contributed by atoms with E-state index in [4.69, 9.17) is 0 Å². The van der Waals surface area contributed by atoms with Crippen LogP contribution in [0.25, 0.3) is 0 Å². The number of hydrogen-bond donors (Lipinski definition) is 2. The van der Waals surface area contributed by atoms with E-state index in [9.17, 15) is 10.1 Å². The topological polar surface area (TPSA) is 96.2 Å². The molecule has 2 N–H and O–H groups in total. The molecule has 0 aliphatic rings. The average Bonchev–Trinajstić information content (AvgIpc) is 2.67. The molecule has 0 saturated heterocycles. The molecule has 0 unspecified atom stereocenters. The maximum Gasteiger partial charge on any atom is 0.354 e. The Morgan fingerprint density at radius 1 is 0.926 bits per heavy atom. The van der Waals surface area contributed by atoms with Gasteiger partial charge < -0.3 is 5.32 Å². The third-order valence-corrected chi connectivity index (χ3v) is 3.68. The first-order valence-electron chi connectivity index (χ1n) is 8.49. The molecule has 0 aliphatic heterocycles. The zero-order chi connectivity index (χ0) is 19.2. The van der Waals surface area contributed by atoms with Gasteiger partial charge in [0.1, 0.15) is 6.33 Å². The monoisotopic (exact) mass is 364 g/mol. The van der Waals surface area contributed by atoms with Gasteiger partial charge in [0.2, 0.25) is 11.6 Å². The van der Waals surface area contributed by atoms with Crippen LogP contribution in [0.4, 0.5) is 28.7 Å². The first-order chi connectivity index (χ1) is 13.1. The fourth-order valence-electron chi connectivity index (χ4n) is 2.55. The van der Waals surface area contributed by atoms with Crippen LogP contribution in [0.1, 0.15) is 13.8 Å². The Hall–Kier alpha value is -3.68. The van der Waals surface area contributed by atoms with Crippen LogP contribution < -0.4 is 15.8 Å². The molecule has 0 atom stereocenters. The summed E-state index contributed by atoms with van der Waals surface area (Å²) in [7, 11) is 0. The van der Waals surface area contributed by atoms with Gasteiger partial charge in [0.15, 0.2) is 0 Å². The van der Waals surface area contributed by atoms with Gasteiger partial charge in [-0.25, -0.2) is 9.97 Å². The van der Waals surface area contributed by atoms with Crippen LogP contribution >= 0.6 is 0 Å². The van der Waals surface area contributed by atoms with Crippen LogP contribution in [0, 0.1) is 10.1 Å². The maximum atomic E-state index is 11.7. The van der Waals surface area contributed by atoms with Crippen molar-refractivity contribution >= 4 is 28.7 Å². The summed E-state index contributed by atoms with van der Waals surface area (Å²) < 4.78 is 0. The molecule has 0 radical (unpaired) electrons. The van der Waals surface area contributed by atoms with Crippen molar-refractivity contribution in [1.29, 1.82) is 0 Å². The lowest BCUT2D eigenvalue weighted by molar-refractivity contribution is -0.383. The number of benzene rings is 2. The number of hydrogen-bond acceptors (Lipinski definition) is 7. The summed E-state index contributed by atoms with van der Waals surface area (Å²) in [5, 5.41) is 16.4. The lowest BCUT2D eigenvalue weighted by atomic mass is 10.2. The van der Waals surface area contributed by atoms with Gasteiger partial charge in [-0.05, 0) is 38.1 Å². The van der Waals surface area contributed by atoms with Crippen molar-refractivity contribution in [3.63, 3.8) is 0 Å². The van der Waals surface area contributed by atoms with Crippen LogP contribution in [-0.4, -0.2) is 20.9 Å². The van der Waals surface area contributed by atoms with Gasteiger partial charge in [0, 0.05) is 6.04 Å². The molecule has 3 rings (SSSR count). The van der Waals surface area contributed by atoms with E-state index in [1.165, 1.54) is 6.33 Å². The third kappa shape index (κ3) is 4.30. The fraction of sp³-hybridized carbons (Fsp3) is 0.158. The van der Waals surface area contributed by atoms with Crippen LogP contribution in [0.5, 0.6) is 0 Å². The van der Waals surface area contributed by atoms with Gasteiger partial charge >= 0.3 is 5.69 Å². The molecule has 0 spiro atoms. The van der Waals surface area contributed by atoms with Crippen LogP contribution in [0.3, 0.4) is 0 Å². The summed E-state index contributed by atoms with van der Waals surface area (Å²) in [6, 6.07) is 19.0.